The van der Waals surface area contributed by atoms with Crippen molar-refractivity contribution in [3.63, 3.8) is 0 Å². The van der Waals surface area contributed by atoms with Gasteiger partial charge in [-0.3, -0.25) is 9.69 Å². The minimum absolute atomic E-state index is 0.460. The number of aryl methyl sites for hydroxylation is 1. The van der Waals surface area contributed by atoms with Crippen LogP contribution in [0.15, 0.2) is 18.2 Å². The molecule has 1 N–H and O–H groups in total. The second-order valence-electron chi connectivity index (χ2n) is 4.59. The monoisotopic (exact) mass is 265 g/mol. The minimum Gasteiger partial charge on any atom is -0.496 e. The molecule has 0 aliphatic carbocycles. The fraction of sp³-hybridized carbons (Fsp3) is 0.533. The van der Waals surface area contributed by atoms with Crippen LogP contribution in [0.2, 0.25) is 0 Å². The predicted molar refractivity (Wildman–Crippen MR) is 75.8 cm³/mol. The van der Waals surface area contributed by atoms with E-state index >= 15 is 0 Å². The first kappa shape index (κ1) is 15.5. The van der Waals surface area contributed by atoms with Crippen LogP contribution < -0.4 is 4.74 Å². The first-order valence-electron chi connectivity index (χ1n) is 6.63. The van der Waals surface area contributed by atoms with Gasteiger partial charge in [0.15, 0.2) is 0 Å². The molecule has 1 rings (SSSR count). The Bertz CT molecular complexity index is 427. The van der Waals surface area contributed by atoms with Crippen molar-refractivity contribution in [3.05, 3.63) is 29.3 Å². The molecule has 0 aliphatic heterocycles. The molecule has 1 atom stereocenters. The molecule has 0 fully saturated rings. The number of likely N-dealkylation sites (N-methyl/N-ethyl adjacent to an activating group) is 1. The van der Waals surface area contributed by atoms with Gasteiger partial charge in [0.1, 0.15) is 11.8 Å². The molecule has 4 nitrogen and oxygen atoms in total. The lowest BCUT2D eigenvalue weighted by Crippen LogP contribution is -2.42. The van der Waals surface area contributed by atoms with E-state index in [0.717, 1.165) is 30.0 Å². The molecule has 1 aromatic carbocycles. The highest BCUT2D eigenvalue weighted by Crippen LogP contribution is 2.22. The number of carbonyl (C=O) groups is 1. The normalized spacial score (nSPS) is 12.5. The molecule has 0 saturated heterocycles. The molecular formula is C15H23NO3. The highest BCUT2D eigenvalue weighted by Gasteiger charge is 2.24. The van der Waals surface area contributed by atoms with Crippen LogP contribution in [0, 0.1) is 6.92 Å². The molecule has 19 heavy (non-hydrogen) atoms. The average Bonchev–Trinajstić information content (AvgIpc) is 2.39. The quantitative estimate of drug-likeness (QED) is 0.822. The molecule has 0 bridgehead atoms. The number of aliphatic carboxylic acids is 1. The standard InChI is InChI=1S/C15H23NO3/c1-5-16(6-2)13(15(17)18)10-12-9-11(3)7-8-14(12)19-4/h7-9,13H,5-6,10H2,1-4H3,(H,17,18)/t13-/m0/s1. The van der Waals surface area contributed by atoms with E-state index in [1.807, 2.05) is 43.9 Å². The zero-order valence-corrected chi connectivity index (χ0v) is 12.1. The maximum atomic E-state index is 11.5. The maximum Gasteiger partial charge on any atom is 0.321 e. The van der Waals surface area contributed by atoms with Crippen LogP contribution in [0.3, 0.4) is 0 Å². The number of hydrogen-bond donors (Lipinski definition) is 1. The van der Waals surface area contributed by atoms with Crippen LogP contribution in [-0.2, 0) is 11.2 Å². The SMILES string of the molecule is CCN(CC)[C@@H](Cc1cc(C)ccc1OC)C(=O)O. The van der Waals surface area contributed by atoms with Crippen LogP contribution >= 0.6 is 0 Å². The predicted octanol–water partition coefficient (Wildman–Crippen LogP) is 2.34. The number of ether oxygens (including phenoxy) is 1. The topological polar surface area (TPSA) is 49.8 Å². The van der Waals surface area contributed by atoms with Crippen molar-refractivity contribution < 1.29 is 14.6 Å². The van der Waals surface area contributed by atoms with Crippen LogP contribution in [-0.4, -0.2) is 42.2 Å². The molecule has 0 saturated carbocycles. The number of carboxylic acid groups (broad SMARTS) is 1. The number of methoxy groups -OCH3 is 1. The Morgan fingerprint density at radius 2 is 2.00 bits per heavy atom. The summed E-state index contributed by atoms with van der Waals surface area (Å²) in [6.45, 7) is 7.40. The van der Waals surface area contributed by atoms with E-state index < -0.39 is 12.0 Å². The van der Waals surface area contributed by atoms with E-state index in [4.69, 9.17) is 4.74 Å². The Balaban J connectivity index is 3.02. The molecule has 1 aromatic rings. The molecule has 0 spiro atoms. The lowest BCUT2D eigenvalue weighted by atomic mass is 10.0. The molecule has 0 radical (unpaired) electrons. The van der Waals surface area contributed by atoms with Crippen molar-refractivity contribution >= 4 is 5.97 Å². The van der Waals surface area contributed by atoms with E-state index in [1.54, 1.807) is 7.11 Å². The first-order valence-corrected chi connectivity index (χ1v) is 6.63. The third-order valence-electron chi connectivity index (χ3n) is 3.39. The fourth-order valence-corrected chi connectivity index (χ4v) is 2.31. The molecule has 0 aliphatic rings. The van der Waals surface area contributed by atoms with Crippen molar-refractivity contribution in [2.45, 2.75) is 33.2 Å². The van der Waals surface area contributed by atoms with Crippen molar-refractivity contribution in [2.75, 3.05) is 20.2 Å². The van der Waals surface area contributed by atoms with E-state index in [9.17, 15) is 9.90 Å². The lowest BCUT2D eigenvalue weighted by Gasteiger charge is -2.26. The third kappa shape index (κ3) is 3.96. The first-order chi connectivity index (χ1) is 9.03. The molecular weight excluding hydrogens is 242 g/mol. The summed E-state index contributed by atoms with van der Waals surface area (Å²) in [5, 5.41) is 9.42. The Morgan fingerprint density at radius 1 is 1.37 bits per heavy atom. The number of benzene rings is 1. The minimum atomic E-state index is -0.785. The Hall–Kier alpha value is -1.55. The van der Waals surface area contributed by atoms with Crippen molar-refractivity contribution in [1.82, 2.24) is 4.90 Å². The van der Waals surface area contributed by atoms with Gasteiger partial charge in [0.2, 0.25) is 0 Å². The van der Waals surface area contributed by atoms with E-state index in [2.05, 4.69) is 0 Å². The average molecular weight is 265 g/mol. The highest BCUT2D eigenvalue weighted by molar-refractivity contribution is 5.74. The van der Waals surface area contributed by atoms with Gasteiger partial charge in [0.05, 0.1) is 7.11 Å². The third-order valence-corrected chi connectivity index (χ3v) is 3.39. The summed E-state index contributed by atoms with van der Waals surface area (Å²) >= 11 is 0. The summed E-state index contributed by atoms with van der Waals surface area (Å²) in [6.07, 6.45) is 0.460. The van der Waals surface area contributed by atoms with Crippen molar-refractivity contribution in [3.8, 4) is 5.75 Å². The lowest BCUT2D eigenvalue weighted by molar-refractivity contribution is -0.143. The Labute approximate surface area is 115 Å². The summed E-state index contributed by atoms with van der Waals surface area (Å²) in [4.78, 5) is 13.4. The zero-order valence-electron chi connectivity index (χ0n) is 12.1. The number of carboxylic acids is 1. The second-order valence-corrected chi connectivity index (χ2v) is 4.59. The fourth-order valence-electron chi connectivity index (χ4n) is 2.31. The summed E-state index contributed by atoms with van der Waals surface area (Å²) in [6, 6.07) is 5.35. The van der Waals surface area contributed by atoms with Gasteiger partial charge >= 0.3 is 5.97 Å². The van der Waals surface area contributed by atoms with Gasteiger partial charge in [-0.1, -0.05) is 31.5 Å². The summed E-state index contributed by atoms with van der Waals surface area (Å²) in [5.41, 5.74) is 2.06. The molecule has 0 unspecified atom stereocenters. The van der Waals surface area contributed by atoms with Crippen LogP contribution in [0.25, 0.3) is 0 Å². The van der Waals surface area contributed by atoms with Gasteiger partial charge in [-0.15, -0.1) is 0 Å². The zero-order chi connectivity index (χ0) is 14.4. The van der Waals surface area contributed by atoms with Crippen LogP contribution in [0.1, 0.15) is 25.0 Å². The molecule has 0 aromatic heterocycles. The molecule has 4 heteroatoms. The molecule has 106 valence electrons. The summed E-state index contributed by atoms with van der Waals surface area (Å²) in [7, 11) is 1.61. The largest absolute Gasteiger partial charge is 0.496 e. The molecule has 0 amide bonds. The van der Waals surface area contributed by atoms with E-state index in [1.165, 1.54) is 0 Å². The Kier molecular flexibility index (Phi) is 5.83. The van der Waals surface area contributed by atoms with Crippen molar-refractivity contribution in [2.24, 2.45) is 0 Å². The van der Waals surface area contributed by atoms with Crippen LogP contribution in [0.5, 0.6) is 5.75 Å². The summed E-state index contributed by atoms with van der Waals surface area (Å²) in [5.74, 6) is -0.0312. The van der Waals surface area contributed by atoms with Crippen molar-refractivity contribution in [1.29, 1.82) is 0 Å². The molecule has 0 heterocycles. The van der Waals surface area contributed by atoms with E-state index in [0.29, 0.717) is 6.42 Å². The van der Waals surface area contributed by atoms with Gasteiger partial charge < -0.3 is 9.84 Å². The van der Waals surface area contributed by atoms with Gasteiger partial charge in [-0.05, 0) is 31.6 Å². The van der Waals surface area contributed by atoms with Gasteiger partial charge in [0, 0.05) is 6.42 Å². The second kappa shape index (κ2) is 7.14. The smallest absolute Gasteiger partial charge is 0.321 e. The van der Waals surface area contributed by atoms with E-state index in [-0.39, 0.29) is 0 Å². The maximum absolute atomic E-state index is 11.5. The van der Waals surface area contributed by atoms with Gasteiger partial charge in [0.25, 0.3) is 0 Å². The number of nitrogens with zero attached hydrogens (tertiary/aromatic N) is 1. The summed E-state index contributed by atoms with van der Waals surface area (Å²) < 4.78 is 5.32. The Morgan fingerprint density at radius 3 is 2.47 bits per heavy atom. The highest BCUT2D eigenvalue weighted by atomic mass is 16.5. The van der Waals surface area contributed by atoms with Gasteiger partial charge in [-0.2, -0.15) is 0 Å². The van der Waals surface area contributed by atoms with Gasteiger partial charge in [-0.25, -0.2) is 0 Å². The number of hydrogen-bond acceptors (Lipinski definition) is 3. The van der Waals surface area contributed by atoms with Crippen LogP contribution in [0.4, 0.5) is 0 Å². The number of rotatable bonds is 7.